The van der Waals surface area contributed by atoms with Crippen LogP contribution < -0.4 is 13.8 Å². The predicted octanol–water partition coefficient (Wildman–Crippen LogP) is 3.74. The Bertz CT molecular complexity index is 1060. The number of carbonyl (C=O) groups excluding carboxylic acids is 1. The maximum atomic E-state index is 12.9. The number of rotatable bonds is 6. The second-order valence-electron chi connectivity index (χ2n) is 5.87. The third kappa shape index (κ3) is 3.99. The van der Waals surface area contributed by atoms with E-state index in [1.807, 2.05) is 6.07 Å². The lowest BCUT2D eigenvalue weighted by atomic mass is 10.2. The van der Waals surface area contributed by atoms with Crippen LogP contribution in [0.15, 0.2) is 83.8 Å². The SMILES string of the molecule is COc1ccccc1N(C)S(=O)(=O)c1ccc(C(=O)Oc2ccccc2)cc1. The normalized spacial score (nSPS) is 10.9. The number of benzene rings is 3. The van der Waals surface area contributed by atoms with E-state index < -0.39 is 16.0 Å². The number of para-hydroxylation sites is 3. The maximum Gasteiger partial charge on any atom is 0.343 e. The lowest BCUT2D eigenvalue weighted by Crippen LogP contribution is -2.27. The van der Waals surface area contributed by atoms with Crippen molar-refractivity contribution in [2.24, 2.45) is 0 Å². The van der Waals surface area contributed by atoms with Crippen molar-refractivity contribution in [2.75, 3.05) is 18.5 Å². The number of hydrogen-bond donors (Lipinski definition) is 0. The predicted molar refractivity (Wildman–Crippen MR) is 106 cm³/mol. The van der Waals surface area contributed by atoms with Gasteiger partial charge in [0, 0.05) is 7.05 Å². The number of esters is 1. The van der Waals surface area contributed by atoms with E-state index in [0.717, 1.165) is 4.31 Å². The third-order valence-corrected chi connectivity index (χ3v) is 5.91. The first kappa shape index (κ1) is 19.4. The Kier molecular flexibility index (Phi) is 5.65. The van der Waals surface area contributed by atoms with E-state index in [0.29, 0.717) is 17.2 Å². The van der Waals surface area contributed by atoms with Crippen molar-refractivity contribution in [3.8, 4) is 11.5 Å². The Hall–Kier alpha value is -3.32. The van der Waals surface area contributed by atoms with E-state index in [-0.39, 0.29) is 10.5 Å². The summed E-state index contributed by atoms with van der Waals surface area (Å²) in [5.74, 6) is 0.296. The van der Waals surface area contributed by atoms with Crippen molar-refractivity contribution in [1.29, 1.82) is 0 Å². The molecule has 3 aromatic rings. The first-order chi connectivity index (χ1) is 13.4. The fourth-order valence-electron chi connectivity index (χ4n) is 2.59. The fourth-order valence-corrected chi connectivity index (χ4v) is 3.80. The van der Waals surface area contributed by atoms with Crippen LogP contribution in [0.2, 0.25) is 0 Å². The Morgan fingerprint density at radius 1 is 0.857 bits per heavy atom. The van der Waals surface area contributed by atoms with E-state index in [2.05, 4.69) is 0 Å². The molecule has 0 saturated heterocycles. The topological polar surface area (TPSA) is 72.9 Å². The first-order valence-corrected chi connectivity index (χ1v) is 9.87. The Labute approximate surface area is 164 Å². The summed E-state index contributed by atoms with van der Waals surface area (Å²) in [6.45, 7) is 0. The minimum Gasteiger partial charge on any atom is -0.495 e. The molecule has 28 heavy (non-hydrogen) atoms. The van der Waals surface area contributed by atoms with E-state index in [1.54, 1.807) is 48.5 Å². The van der Waals surface area contributed by atoms with Gasteiger partial charge in [-0.05, 0) is 48.5 Å². The van der Waals surface area contributed by atoms with Crippen LogP contribution in [0.4, 0.5) is 5.69 Å². The molecule has 0 atom stereocenters. The first-order valence-electron chi connectivity index (χ1n) is 8.42. The summed E-state index contributed by atoms with van der Waals surface area (Å²) in [6.07, 6.45) is 0. The number of hydrogen-bond acceptors (Lipinski definition) is 5. The summed E-state index contributed by atoms with van der Waals surface area (Å²) in [5.41, 5.74) is 0.667. The van der Waals surface area contributed by atoms with E-state index in [9.17, 15) is 13.2 Å². The molecule has 0 radical (unpaired) electrons. The summed E-state index contributed by atoms with van der Waals surface area (Å²) in [6, 6.07) is 21.1. The zero-order valence-electron chi connectivity index (χ0n) is 15.4. The number of methoxy groups -OCH3 is 1. The monoisotopic (exact) mass is 397 g/mol. The average molecular weight is 397 g/mol. The van der Waals surface area contributed by atoms with Gasteiger partial charge in [0.2, 0.25) is 0 Å². The molecule has 0 unspecified atom stereocenters. The lowest BCUT2D eigenvalue weighted by Gasteiger charge is -2.21. The number of anilines is 1. The molecule has 7 heteroatoms. The van der Waals surface area contributed by atoms with Crippen molar-refractivity contribution in [3.63, 3.8) is 0 Å². The van der Waals surface area contributed by atoms with Crippen molar-refractivity contribution < 1.29 is 22.7 Å². The molecule has 0 aliphatic carbocycles. The standard InChI is InChI=1S/C21H19NO5S/c1-22(19-10-6-7-11-20(19)26-2)28(24,25)18-14-12-16(13-15-18)21(23)27-17-8-4-3-5-9-17/h3-15H,1-2H3. The Morgan fingerprint density at radius 3 is 2.11 bits per heavy atom. The van der Waals surface area contributed by atoms with Crippen LogP contribution in [-0.4, -0.2) is 28.5 Å². The highest BCUT2D eigenvalue weighted by molar-refractivity contribution is 7.92. The maximum absolute atomic E-state index is 12.9. The van der Waals surface area contributed by atoms with Gasteiger partial charge in [-0.1, -0.05) is 30.3 Å². The Balaban J connectivity index is 1.82. The minimum absolute atomic E-state index is 0.0529. The van der Waals surface area contributed by atoms with Crippen LogP contribution in [0.3, 0.4) is 0 Å². The highest BCUT2D eigenvalue weighted by atomic mass is 32.2. The number of ether oxygens (including phenoxy) is 2. The largest absolute Gasteiger partial charge is 0.495 e. The van der Waals surface area contributed by atoms with Gasteiger partial charge in [-0.25, -0.2) is 13.2 Å². The van der Waals surface area contributed by atoms with E-state index >= 15 is 0 Å². The molecule has 0 fully saturated rings. The molecule has 0 aliphatic heterocycles. The Morgan fingerprint density at radius 2 is 1.46 bits per heavy atom. The summed E-state index contributed by atoms with van der Waals surface area (Å²) in [4.78, 5) is 12.3. The van der Waals surface area contributed by atoms with Crippen LogP contribution in [0.5, 0.6) is 11.5 Å². The van der Waals surface area contributed by atoms with E-state index in [1.165, 1.54) is 38.4 Å². The van der Waals surface area contributed by atoms with Gasteiger partial charge < -0.3 is 9.47 Å². The molecule has 0 N–H and O–H groups in total. The van der Waals surface area contributed by atoms with Crippen molar-refractivity contribution in [2.45, 2.75) is 4.90 Å². The van der Waals surface area contributed by atoms with Crippen LogP contribution in [0.1, 0.15) is 10.4 Å². The van der Waals surface area contributed by atoms with Gasteiger partial charge in [0.25, 0.3) is 10.0 Å². The molecule has 0 aliphatic rings. The third-order valence-electron chi connectivity index (χ3n) is 4.13. The molecule has 3 aromatic carbocycles. The smallest absolute Gasteiger partial charge is 0.343 e. The van der Waals surface area contributed by atoms with Gasteiger partial charge >= 0.3 is 5.97 Å². The van der Waals surface area contributed by atoms with Crippen molar-refractivity contribution in [1.82, 2.24) is 0 Å². The van der Waals surface area contributed by atoms with Gasteiger partial charge in [-0.2, -0.15) is 0 Å². The molecule has 0 aromatic heterocycles. The fraction of sp³-hybridized carbons (Fsp3) is 0.0952. The quantitative estimate of drug-likeness (QED) is 0.468. The molecular weight excluding hydrogens is 378 g/mol. The van der Waals surface area contributed by atoms with Crippen molar-refractivity contribution >= 4 is 21.7 Å². The molecule has 0 spiro atoms. The molecule has 0 bridgehead atoms. The number of sulfonamides is 1. The van der Waals surface area contributed by atoms with Crippen molar-refractivity contribution in [3.05, 3.63) is 84.4 Å². The highest BCUT2D eigenvalue weighted by Gasteiger charge is 2.24. The summed E-state index contributed by atoms with van der Waals surface area (Å²) >= 11 is 0. The highest BCUT2D eigenvalue weighted by Crippen LogP contribution is 2.30. The molecular formula is C21H19NO5S. The van der Waals surface area contributed by atoms with Gasteiger partial charge in [0.1, 0.15) is 11.5 Å². The zero-order chi connectivity index (χ0) is 20.1. The summed E-state index contributed by atoms with van der Waals surface area (Å²) in [7, 11) is -0.897. The number of nitrogens with zero attached hydrogens (tertiary/aromatic N) is 1. The van der Waals surface area contributed by atoms with Gasteiger partial charge in [-0.15, -0.1) is 0 Å². The van der Waals surface area contributed by atoms with Crippen LogP contribution >= 0.6 is 0 Å². The molecule has 0 amide bonds. The second-order valence-corrected chi connectivity index (χ2v) is 7.84. The molecule has 144 valence electrons. The van der Waals surface area contributed by atoms with Crippen LogP contribution in [0.25, 0.3) is 0 Å². The van der Waals surface area contributed by atoms with Crippen LogP contribution in [0, 0.1) is 0 Å². The van der Waals surface area contributed by atoms with Gasteiger partial charge in [0.15, 0.2) is 0 Å². The number of carbonyl (C=O) groups is 1. The van der Waals surface area contributed by atoms with Gasteiger partial charge in [-0.3, -0.25) is 4.31 Å². The molecule has 0 saturated carbocycles. The molecule has 3 rings (SSSR count). The summed E-state index contributed by atoms with van der Waals surface area (Å²) in [5, 5.41) is 0. The molecule has 6 nitrogen and oxygen atoms in total. The zero-order valence-corrected chi connectivity index (χ0v) is 16.2. The van der Waals surface area contributed by atoms with E-state index in [4.69, 9.17) is 9.47 Å². The lowest BCUT2D eigenvalue weighted by molar-refractivity contribution is 0.0734. The summed E-state index contributed by atoms with van der Waals surface area (Å²) < 4.78 is 37.5. The minimum atomic E-state index is -3.82. The van der Waals surface area contributed by atoms with Crippen LogP contribution in [-0.2, 0) is 10.0 Å². The molecule has 0 heterocycles. The second kappa shape index (κ2) is 8.14. The van der Waals surface area contributed by atoms with Gasteiger partial charge in [0.05, 0.1) is 23.3 Å². The average Bonchev–Trinajstić information content (AvgIpc) is 2.74.